The maximum Gasteiger partial charge on any atom is 0.348 e. The molecule has 2 aliphatic rings. The number of hydrogen-bond acceptors (Lipinski definition) is 6. The zero-order chi connectivity index (χ0) is 23.9. The van der Waals surface area contributed by atoms with Crippen LogP contribution in [0, 0.1) is 0 Å². The molecule has 3 aromatic rings. The Hall–Kier alpha value is -3.85. The molecule has 1 amide bonds. The summed E-state index contributed by atoms with van der Waals surface area (Å²) in [6.45, 7) is 0.309. The molecule has 0 aromatic heterocycles. The number of methoxy groups -OCH3 is 1. The van der Waals surface area contributed by atoms with Gasteiger partial charge in [-0.25, -0.2) is 13.2 Å². The summed E-state index contributed by atoms with van der Waals surface area (Å²) in [5, 5.41) is 0. The fourth-order valence-corrected chi connectivity index (χ4v) is 5.83. The van der Waals surface area contributed by atoms with Gasteiger partial charge in [0.15, 0.2) is 0 Å². The fraction of sp³-hybridized carbons (Fsp3) is 0.200. The number of sulfonamides is 1. The molecule has 0 unspecified atom stereocenters. The van der Waals surface area contributed by atoms with Crippen molar-refractivity contribution in [1.82, 2.24) is 0 Å². The average Bonchev–Trinajstić information content (AvgIpc) is 3.32. The summed E-state index contributed by atoms with van der Waals surface area (Å²) < 4.78 is 38.2. The summed E-state index contributed by atoms with van der Waals surface area (Å²) in [6, 6.07) is 20.3. The molecule has 0 aliphatic carbocycles. The van der Waals surface area contributed by atoms with Crippen LogP contribution in [0.4, 0.5) is 11.4 Å². The quantitative estimate of drug-likeness (QED) is 0.535. The Morgan fingerprint density at radius 2 is 1.71 bits per heavy atom. The van der Waals surface area contributed by atoms with E-state index in [9.17, 15) is 18.0 Å². The third-order valence-electron chi connectivity index (χ3n) is 5.99. The number of benzene rings is 3. The van der Waals surface area contributed by atoms with Crippen molar-refractivity contribution in [3.63, 3.8) is 0 Å². The lowest BCUT2D eigenvalue weighted by molar-refractivity contribution is -0.148. The third-order valence-corrected chi connectivity index (χ3v) is 7.82. The molecule has 0 bridgehead atoms. The maximum absolute atomic E-state index is 13.5. The third kappa shape index (κ3) is 3.67. The molecule has 3 aromatic carbocycles. The topological polar surface area (TPSA) is 93.2 Å². The van der Waals surface area contributed by atoms with Crippen molar-refractivity contribution in [3.05, 3.63) is 83.9 Å². The molecule has 9 heteroatoms. The van der Waals surface area contributed by atoms with Gasteiger partial charge in [0.05, 0.1) is 29.9 Å². The van der Waals surface area contributed by atoms with Gasteiger partial charge in [-0.1, -0.05) is 30.3 Å². The SMILES string of the molecule is COC(=O)[C@H]1CN(C(=O)c2ccc3c(c2)CCN3S(=O)(=O)c2ccccc2)c2ccccc2O1. The van der Waals surface area contributed by atoms with Gasteiger partial charge in [0, 0.05) is 12.1 Å². The molecule has 0 N–H and O–H groups in total. The number of nitrogens with zero attached hydrogens (tertiary/aromatic N) is 2. The van der Waals surface area contributed by atoms with Gasteiger partial charge in [0.25, 0.3) is 15.9 Å². The molecule has 0 saturated carbocycles. The lowest BCUT2D eigenvalue weighted by Crippen LogP contribution is -2.47. The average molecular weight is 479 g/mol. The van der Waals surface area contributed by atoms with E-state index in [1.165, 1.54) is 16.3 Å². The van der Waals surface area contributed by atoms with Crippen LogP contribution in [0.15, 0.2) is 77.7 Å². The van der Waals surface area contributed by atoms with E-state index in [1.54, 1.807) is 72.8 Å². The predicted molar refractivity (Wildman–Crippen MR) is 126 cm³/mol. The number of esters is 1. The van der Waals surface area contributed by atoms with Crippen molar-refractivity contribution in [2.45, 2.75) is 17.4 Å². The van der Waals surface area contributed by atoms with Crippen molar-refractivity contribution in [1.29, 1.82) is 0 Å². The first-order valence-corrected chi connectivity index (χ1v) is 12.2. The first-order valence-electron chi connectivity index (χ1n) is 10.8. The number of anilines is 2. The van der Waals surface area contributed by atoms with E-state index in [1.807, 2.05) is 0 Å². The van der Waals surface area contributed by atoms with E-state index in [2.05, 4.69) is 0 Å². The van der Waals surface area contributed by atoms with Crippen LogP contribution in [-0.2, 0) is 26.0 Å². The minimum Gasteiger partial charge on any atom is -0.475 e. The van der Waals surface area contributed by atoms with Gasteiger partial charge in [0.2, 0.25) is 6.10 Å². The summed E-state index contributed by atoms with van der Waals surface area (Å²) in [4.78, 5) is 27.4. The number of carbonyl (C=O) groups excluding carboxylic acids is 2. The van der Waals surface area contributed by atoms with Gasteiger partial charge < -0.3 is 14.4 Å². The van der Waals surface area contributed by atoms with Gasteiger partial charge in [-0.15, -0.1) is 0 Å². The Kier molecular flexibility index (Phi) is 5.49. The monoisotopic (exact) mass is 478 g/mol. The van der Waals surface area contributed by atoms with E-state index in [0.717, 1.165) is 5.56 Å². The van der Waals surface area contributed by atoms with Crippen molar-refractivity contribution in [2.75, 3.05) is 29.4 Å². The zero-order valence-electron chi connectivity index (χ0n) is 18.4. The van der Waals surface area contributed by atoms with E-state index < -0.39 is 22.1 Å². The molecule has 0 fully saturated rings. The van der Waals surface area contributed by atoms with Crippen molar-refractivity contribution in [2.24, 2.45) is 0 Å². The molecule has 0 saturated heterocycles. The molecular weight excluding hydrogens is 456 g/mol. The second kappa shape index (κ2) is 8.49. The number of rotatable bonds is 4. The Balaban J connectivity index is 1.46. The summed E-state index contributed by atoms with van der Waals surface area (Å²) >= 11 is 0. The van der Waals surface area contributed by atoms with Crippen LogP contribution < -0.4 is 13.9 Å². The number of ether oxygens (including phenoxy) is 2. The van der Waals surface area contributed by atoms with Gasteiger partial charge in [-0.2, -0.15) is 0 Å². The maximum atomic E-state index is 13.5. The zero-order valence-corrected chi connectivity index (χ0v) is 19.2. The summed E-state index contributed by atoms with van der Waals surface area (Å²) in [5.41, 5.74) is 2.30. The van der Waals surface area contributed by atoms with Crippen LogP contribution in [0.1, 0.15) is 15.9 Å². The van der Waals surface area contributed by atoms with Gasteiger partial charge in [-0.3, -0.25) is 9.10 Å². The predicted octanol–water partition coefficient (Wildman–Crippen LogP) is 3.02. The highest BCUT2D eigenvalue weighted by atomic mass is 32.2. The van der Waals surface area contributed by atoms with E-state index in [0.29, 0.717) is 35.7 Å². The van der Waals surface area contributed by atoms with Crippen LogP contribution in [-0.4, -0.2) is 46.6 Å². The minimum atomic E-state index is -3.70. The molecule has 8 nitrogen and oxygen atoms in total. The van der Waals surface area contributed by atoms with Crippen molar-refractivity contribution in [3.8, 4) is 5.75 Å². The molecule has 0 radical (unpaired) electrons. The van der Waals surface area contributed by atoms with Gasteiger partial charge >= 0.3 is 5.97 Å². The lowest BCUT2D eigenvalue weighted by atomic mass is 10.1. The molecule has 2 heterocycles. The number of fused-ring (bicyclic) bond motifs is 2. The molecular formula is C25H22N2O6S. The Labute approximate surface area is 197 Å². The van der Waals surface area contributed by atoms with Gasteiger partial charge in [0.1, 0.15) is 5.75 Å². The van der Waals surface area contributed by atoms with Gasteiger partial charge in [-0.05, 0) is 54.4 Å². The molecule has 174 valence electrons. The largest absolute Gasteiger partial charge is 0.475 e. The Morgan fingerprint density at radius 1 is 0.971 bits per heavy atom. The molecule has 0 spiro atoms. The number of carbonyl (C=O) groups is 2. The first-order chi connectivity index (χ1) is 16.4. The highest BCUT2D eigenvalue weighted by Gasteiger charge is 2.36. The smallest absolute Gasteiger partial charge is 0.348 e. The Bertz CT molecular complexity index is 1370. The molecule has 1 atom stereocenters. The second-order valence-electron chi connectivity index (χ2n) is 8.00. The minimum absolute atomic E-state index is 0.00805. The lowest BCUT2D eigenvalue weighted by Gasteiger charge is -2.33. The molecule has 2 aliphatic heterocycles. The van der Waals surface area contributed by atoms with Crippen LogP contribution >= 0.6 is 0 Å². The fourth-order valence-electron chi connectivity index (χ4n) is 4.31. The van der Waals surface area contributed by atoms with Crippen LogP contribution in [0.25, 0.3) is 0 Å². The van der Waals surface area contributed by atoms with Crippen molar-refractivity contribution >= 4 is 33.3 Å². The van der Waals surface area contributed by atoms with Crippen molar-refractivity contribution < 1.29 is 27.5 Å². The number of hydrogen-bond donors (Lipinski definition) is 0. The van der Waals surface area contributed by atoms with E-state index in [-0.39, 0.29) is 17.3 Å². The number of para-hydroxylation sites is 2. The highest BCUT2D eigenvalue weighted by Crippen LogP contribution is 2.37. The van der Waals surface area contributed by atoms with Crippen LogP contribution in [0.5, 0.6) is 5.75 Å². The number of amides is 1. The first kappa shape index (κ1) is 22.0. The highest BCUT2D eigenvalue weighted by molar-refractivity contribution is 7.92. The van der Waals surface area contributed by atoms with E-state index >= 15 is 0 Å². The van der Waals surface area contributed by atoms with Crippen LogP contribution in [0.2, 0.25) is 0 Å². The normalized spacial score (nSPS) is 16.9. The molecule has 34 heavy (non-hydrogen) atoms. The van der Waals surface area contributed by atoms with E-state index in [4.69, 9.17) is 9.47 Å². The summed E-state index contributed by atoms with van der Waals surface area (Å²) in [7, 11) is -2.42. The Morgan fingerprint density at radius 3 is 2.47 bits per heavy atom. The van der Waals surface area contributed by atoms with Crippen LogP contribution in [0.3, 0.4) is 0 Å². The summed E-state index contributed by atoms with van der Waals surface area (Å²) in [5.74, 6) is -0.460. The standard InChI is InChI=1S/C25H22N2O6S/c1-32-25(29)23-16-26(21-9-5-6-10-22(21)33-23)24(28)18-11-12-20-17(15-18)13-14-27(20)34(30,31)19-7-3-2-4-8-19/h2-12,15,23H,13-14,16H2,1H3/t23-/m1/s1. The second-order valence-corrected chi connectivity index (χ2v) is 9.86. The molecule has 5 rings (SSSR count). The summed E-state index contributed by atoms with van der Waals surface area (Å²) in [6.07, 6.45) is -0.447.